The molecule has 1 aliphatic carbocycles. The SMILES string of the molecule is CSc1nc(N)c2c(n1)NC1=C(C(=O)CC(C)(C)C1)[C@H]2c1ccc(F)cc1. The van der Waals surface area contributed by atoms with E-state index in [0.717, 1.165) is 17.7 Å². The first kappa shape index (κ1) is 18.0. The molecule has 0 unspecified atom stereocenters. The second-order valence-electron chi connectivity index (χ2n) is 7.80. The summed E-state index contributed by atoms with van der Waals surface area (Å²) in [6.45, 7) is 4.17. The van der Waals surface area contributed by atoms with Crippen LogP contribution in [0.15, 0.2) is 40.7 Å². The summed E-state index contributed by atoms with van der Waals surface area (Å²) >= 11 is 1.41. The predicted octanol–water partition coefficient (Wildman–Crippen LogP) is 4.12. The molecule has 0 fully saturated rings. The van der Waals surface area contributed by atoms with Gasteiger partial charge in [-0.25, -0.2) is 14.4 Å². The Labute approximate surface area is 161 Å². The van der Waals surface area contributed by atoms with Gasteiger partial charge in [-0.05, 0) is 35.8 Å². The van der Waals surface area contributed by atoms with Crippen LogP contribution in [-0.4, -0.2) is 22.0 Å². The van der Waals surface area contributed by atoms with E-state index in [4.69, 9.17) is 5.73 Å². The number of thioether (sulfide) groups is 1. The van der Waals surface area contributed by atoms with E-state index >= 15 is 0 Å². The van der Waals surface area contributed by atoms with Crippen LogP contribution < -0.4 is 11.1 Å². The number of nitrogens with one attached hydrogen (secondary N) is 1. The highest BCUT2D eigenvalue weighted by Gasteiger charge is 2.42. The molecule has 1 atom stereocenters. The molecular formula is C20H21FN4OS. The molecule has 0 amide bonds. The molecule has 7 heteroatoms. The van der Waals surface area contributed by atoms with E-state index in [0.29, 0.717) is 34.3 Å². The molecule has 4 rings (SSSR count). The first-order chi connectivity index (χ1) is 12.8. The average Bonchev–Trinajstić information content (AvgIpc) is 2.59. The minimum absolute atomic E-state index is 0.0852. The van der Waals surface area contributed by atoms with E-state index in [9.17, 15) is 9.18 Å². The van der Waals surface area contributed by atoms with Crippen molar-refractivity contribution in [1.82, 2.24) is 9.97 Å². The molecule has 5 nitrogen and oxygen atoms in total. The lowest BCUT2D eigenvalue weighted by molar-refractivity contribution is -0.118. The van der Waals surface area contributed by atoms with Gasteiger partial charge in [0, 0.05) is 29.2 Å². The summed E-state index contributed by atoms with van der Waals surface area (Å²) in [5.41, 5.74) is 9.22. The largest absolute Gasteiger partial charge is 0.383 e. The van der Waals surface area contributed by atoms with Crippen molar-refractivity contribution >= 4 is 29.2 Å². The molecule has 2 heterocycles. The predicted molar refractivity (Wildman–Crippen MR) is 105 cm³/mol. The number of ketones is 1. The van der Waals surface area contributed by atoms with E-state index in [-0.39, 0.29) is 17.0 Å². The van der Waals surface area contributed by atoms with Crippen molar-refractivity contribution in [2.75, 3.05) is 17.3 Å². The average molecular weight is 384 g/mol. The molecule has 1 aromatic heterocycles. The fraction of sp³-hybridized carbons (Fsp3) is 0.350. The third-order valence-electron chi connectivity index (χ3n) is 5.11. The van der Waals surface area contributed by atoms with Gasteiger partial charge in [0.25, 0.3) is 0 Å². The number of hydrogen-bond donors (Lipinski definition) is 2. The number of benzene rings is 1. The van der Waals surface area contributed by atoms with Gasteiger partial charge in [0.2, 0.25) is 0 Å². The van der Waals surface area contributed by atoms with Crippen LogP contribution >= 0.6 is 11.8 Å². The van der Waals surface area contributed by atoms with Crippen molar-refractivity contribution < 1.29 is 9.18 Å². The minimum atomic E-state index is -0.392. The van der Waals surface area contributed by atoms with Crippen LogP contribution in [0.4, 0.5) is 16.0 Å². The lowest BCUT2D eigenvalue weighted by atomic mass is 9.69. The van der Waals surface area contributed by atoms with Crippen LogP contribution in [0.25, 0.3) is 0 Å². The molecule has 3 N–H and O–H groups in total. The maximum atomic E-state index is 13.5. The number of nitrogens with two attached hydrogens (primary N) is 1. The summed E-state index contributed by atoms with van der Waals surface area (Å²) in [7, 11) is 0. The minimum Gasteiger partial charge on any atom is -0.383 e. The monoisotopic (exact) mass is 384 g/mol. The Morgan fingerprint density at radius 3 is 2.59 bits per heavy atom. The van der Waals surface area contributed by atoms with Crippen LogP contribution in [0, 0.1) is 11.2 Å². The molecule has 0 saturated carbocycles. The van der Waals surface area contributed by atoms with Crippen LogP contribution in [0.3, 0.4) is 0 Å². The number of nitrogens with zero attached hydrogens (tertiary/aromatic N) is 2. The van der Waals surface area contributed by atoms with E-state index in [1.807, 2.05) is 6.26 Å². The summed E-state index contributed by atoms with van der Waals surface area (Å²) < 4.78 is 13.5. The summed E-state index contributed by atoms with van der Waals surface area (Å²) in [4.78, 5) is 22.0. The smallest absolute Gasteiger partial charge is 0.191 e. The molecule has 0 bridgehead atoms. The molecular weight excluding hydrogens is 363 g/mol. The Morgan fingerprint density at radius 2 is 1.93 bits per heavy atom. The number of allylic oxidation sites excluding steroid dienone is 2. The van der Waals surface area contributed by atoms with E-state index < -0.39 is 5.92 Å². The molecule has 140 valence electrons. The Bertz CT molecular complexity index is 969. The maximum Gasteiger partial charge on any atom is 0.191 e. The van der Waals surface area contributed by atoms with Crippen LogP contribution in [0.2, 0.25) is 0 Å². The van der Waals surface area contributed by atoms with Crippen LogP contribution in [-0.2, 0) is 4.79 Å². The zero-order chi connectivity index (χ0) is 19.3. The van der Waals surface area contributed by atoms with Gasteiger partial charge < -0.3 is 11.1 Å². The standard InChI is InChI=1S/C20H21FN4OS/c1-20(2)8-12-15(13(26)9-20)14(10-4-6-11(21)7-5-10)16-17(22)24-19(27-3)25-18(16)23-12/h4-7,14H,8-9H2,1-3H3,(H3,22,23,24,25)/t14-/m1/s1. The summed E-state index contributed by atoms with van der Waals surface area (Å²) in [6.07, 6.45) is 3.09. The number of carbonyl (C=O) groups is 1. The Morgan fingerprint density at radius 1 is 1.22 bits per heavy atom. The number of fused-ring (bicyclic) bond motifs is 1. The lowest BCUT2D eigenvalue weighted by Crippen LogP contribution is -2.34. The van der Waals surface area contributed by atoms with Crippen molar-refractivity contribution in [3.8, 4) is 0 Å². The fourth-order valence-corrected chi connectivity index (χ4v) is 4.37. The fourth-order valence-electron chi connectivity index (χ4n) is 3.99. The number of nitrogen functional groups attached to an aromatic ring is 1. The first-order valence-corrected chi connectivity index (χ1v) is 10.0. The zero-order valence-corrected chi connectivity index (χ0v) is 16.3. The first-order valence-electron chi connectivity index (χ1n) is 8.79. The lowest BCUT2D eigenvalue weighted by Gasteiger charge is -2.39. The van der Waals surface area contributed by atoms with Gasteiger partial charge in [-0.3, -0.25) is 4.79 Å². The third-order valence-corrected chi connectivity index (χ3v) is 5.65. The molecule has 1 aromatic carbocycles. The van der Waals surface area contributed by atoms with Crippen LogP contribution in [0.1, 0.15) is 43.7 Å². The number of Topliss-reactive ketones (excluding diaryl/α,β-unsaturated/α-hetero) is 1. The molecule has 0 spiro atoms. The van der Waals surface area contributed by atoms with Crippen LogP contribution in [0.5, 0.6) is 0 Å². The van der Waals surface area contributed by atoms with Gasteiger partial charge in [0.1, 0.15) is 17.5 Å². The van der Waals surface area contributed by atoms with E-state index in [1.54, 1.807) is 12.1 Å². The second-order valence-corrected chi connectivity index (χ2v) is 8.57. The maximum absolute atomic E-state index is 13.5. The molecule has 0 saturated heterocycles. The van der Waals surface area contributed by atoms with Gasteiger partial charge in [-0.15, -0.1) is 0 Å². The molecule has 27 heavy (non-hydrogen) atoms. The highest BCUT2D eigenvalue weighted by atomic mass is 32.2. The van der Waals surface area contributed by atoms with E-state index in [1.165, 1.54) is 23.9 Å². The highest BCUT2D eigenvalue weighted by Crippen LogP contribution is 2.49. The van der Waals surface area contributed by atoms with Crippen molar-refractivity contribution in [3.63, 3.8) is 0 Å². The molecule has 1 aliphatic heterocycles. The normalized spacial score (nSPS) is 20.7. The topological polar surface area (TPSA) is 80.9 Å². The number of halogens is 1. The zero-order valence-electron chi connectivity index (χ0n) is 15.5. The summed E-state index contributed by atoms with van der Waals surface area (Å²) in [5.74, 6) is 0.347. The van der Waals surface area contributed by atoms with Crippen molar-refractivity contribution in [1.29, 1.82) is 0 Å². The van der Waals surface area contributed by atoms with Gasteiger partial charge in [0.05, 0.1) is 0 Å². The Balaban J connectivity index is 1.96. The van der Waals surface area contributed by atoms with Gasteiger partial charge in [-0.1, -0.05) is 37.7 Å². The highest BCUT2D eigenvalue weighted by molar-refractivity contribution is 7.98. The number of anilines is 2. The number of hydrogen-bond acceptors (Lipinski definition) is 6. The number of aromatic nitrogens is 2. The Hall–Kier alpha value is -2.41. The molecule has 2 aliphatic rings. The van der Waals surface area contributed by atoms with Crippen molar-refractivity contribution in [2.24, 2.45) is 5.41 Å². The molecule has 2 aromatic rings. The third kappa shape index (κ3) is 3.10. The second kappa shape index (κ2) is 6.34. The number of rotatable bonds is 2. The number of carbonyl (C=O) groups excluding carboxylic acids is 1. The van der Waals surface area contributed by atoms with Gasteiger partial charge in [0.15, 0.2) is 10.9 Å². The summed E-state index contributed by atoms with van der Waals surface area (Å²) in [6, 6.07) is 6.22. The van der Waals surface area contributed by atoms with Crippen molar-refractivity contribution in [3.05, 3.63) is 52.5 Å². The van der Waals surface area contributed by atoms with E-state index in [2.05, 4.69) is 29.1 Å². The van der Waals surface area contributed by atoms with Gasteiger partial charge in [-0.2, -0.15) is 0 Å². The molecule has 0 radical (unpaired) electrons. The Kier molecular flexibility index (Phi) is 4.22. The van der Waals surface area contributed by atoms with Gasteiger partial charge >= 0.3 is 0 Å². The quantitative estimate of drug-likeness (QED) is 0.599. The summed E-state index contributed by atoms with van der Waals surface area (Å²) in [5, 5.41) is 3.92. The van der Waals surface area contributed by atoms with Crippen molar-refractivity contribution in [2.45, 2.75) is 37.8 Å².